The van der Waals surface area contributed by atoms with Gasteiger partial charge in [0.1, 0.15) is 10.0 Å². The van der Waals surface area contributed by atoms with E-state index in [1.165, 1.54) is 0 Å². The second-order valence-corrected chi connectivity index (χ2v) is 4.14. The molecule has 1 nitrogen and oxygen atoms in total. The van der Waals surface area contributed by atoms with E-state index in [9.17, 15) is 0 Å². The molecule has 0 spiro atoms. The molecule has 0 aromatic heterocycles. The van der Waals surface area contributed by atoms with Crippen molar-refractivity contribution in [3.63, 3.8) is 0 Å². The molecule has 0 bridgehead atoms. The summed E-state index contributed by atoms with van der Waals surface area (Å²) in [4.78, 5) is 0. The van der Waals surface area contributed by atoms with Crippen LogP contribution >= 0.6 is 58.0 Å². The van der Waals surface area contributed by atoms with Crippen molar-refractivity contribution >= 4 is 58.0 Å². The molecule has 0 amide bonds. The first-order chi connectivity index (χ1) is 6.50. The van der Waals surface area contributed by atoms with Crippen LogP contribution in [-0.4, -0.2) is 6.61 Å². The molecular formula is C8H4Cl5O. The number of benzene rings is 1. The van der Waals surface area contributed by atoms with Crippen LogP contribution in [0.1, 0.15) is 0 Å². The van der Waals surface area contributed by atoms with E-state index in [-0.39, 0.29) is 37.5 Å². The van der Waals surface area contributed by atoms with E-state index >= 15 is 0 Å². The zero-order valence-corrected chi connectivity index (χ0v) is 10.5. The van der Waals surface area contributed by atoms with Crippen LogP contribution in [0, 0.1) is 6.92 Å². The van der Waals surface area contributed by atoms with Gasteiger partial charge < -0.3 is 4.74 Å². The summed E-state index contributed by atoms with van der Waals surface area (Å²) in [6.45, 7) is 3.65. The minimum absolute atomic E-state index is 0.111. The fourth-order valence-corrected chi connectivity index (χ4v) is 2.04. The number of rotatable bonds is 2. The van der Waals surface area contributed by atoms with Crippen molar-refractivity contribution in [3.05, 3.63) is 32.0 Å². The van der Waals surface area contributed by atoms with E-state index in [4.69, 9.17) is 62.7 Å². The third-order valence-electron chi connectivity index (χ3n) is 1.42. The molecule has 0 aliphatic heterocycles. The van der Waals surface area contributed by atoms with E-state index in [1.54, 1.807) is 0 Å². The second kappa shape index (κ2) is 5.00. The van der Waals surface area contributed by atoms with E-state index in [1.807, 2.05) is 0 Å². The Morgan fingerprint density at radius 2 is 1.14 bits per heavy atom. The van der Waals surface area contributed by atoms with Gasteiger partial charge in [0.2, 0.25) is 0 Å². The van der Waals surface area contributed by atoms with E-state index in [0.717, 1.165) is 0 Å². The molecule has 1 radical (unpaired) electrons. The standard InChI is InChI=1S/C8H4Cl5O/c1-2-14-8-6(12)4(10)3(9)5(11)7(8)13/h1-2H2. The summed E-state index contributed by atoms with van der Waals surface area (Å²) >= 11 is 29.0. The zero-order chi connectivity index (χ0) is 10.9. The normalized spacial score (nSPS) is 10.4. The summed E-state index contributed by atoms with van der Waals surface area (Å²) in [6, 6.07) is 0. The lowest BCUT2D eigenvalue weighted by atomic mass is 10.3. The van der Waals surface area contributed by atoms with Gasteiger partial charge in [-0.25, -0.2) is 0 Å². The topological polar surface area (TPSA) is 9.23 Å². The van der Waals surface area contributed by atoms with Crippen LogP contribution in [0.15, 0.2) is 0 Å². The van der Waals surface area contributed by atoms with Crippen LogP contribution in [0.25, 0.3) is 0 Å². The molecule has 0 saturated heterocycles. The molecule has 1 aromatic carbocycles. The van der Waals surface area contributed by atoms with Crippen LogP contribution in [0.3, 0.4) is 0 Å². The average molecular weight is 293 g/mol. The van der Waals surface area contributed by atoms with Gasteiger partial charge in [-0.15, -0.1) is 0 Å². The Kier molecular flexibility index (Phi) is 4.48. The van der Waals surface area contributed by atoms with Crippen LogP contribution in [0.5, 0.6) is 5.75 Å². The molecule has 0 saturated carbocycles. The van der Waals surface area contributed by atoms with Gasteiger partial charge in [-0.1, -0.05) is 58.0 Å². The number of hydrogen-bond acceptors (Lipinski definition) is 1. The highest BCUT2D eigenvalue weighted by molar-refractivity contribution is 6.55. The lowest BCUT2D eigenvalue weighted by Crippen LogP contribution is -1.95. The van der Waals surface area contributed by atoms with Crippen molar-refractivity contribution in [1.82, 2.24) is 0 Å². The Bertz CT molecular complexity index is 334. The Morgan fingerprint density at radius 1 is 0.786 bits per heavy atom. The summed E-state index contributed by atoms with van der Waals surface area (Å²) in [6.07, 6.45) is 0. The lowest BCUT2D eigenvalue weighted by Gasteiger charge is -2.11. The minimum Gasteiger partial charge on any atom is -0.490 e. The monoisotopic (exact) mass is 291 g/mol. The lowest BCUT2D eigenvalue weighted by molar-refractivity contribution is 0.361. The smallest absolute Gasteiger partial charge is 0.159 e. The molecule has 1 aromatic rings. The van der Waals surface area contributed by atoms with Crippen LogP contribution < -0.4 is 4.74 Å². The number of ether oxygens (including phenoxy) is 1. The predicted octanol–water partition coefficient (Wildman–Crippen LogP) is 5.17. The molecule has 0 heterocycles. The van der Waals surface area contributed by atoms with E-state index < -0.39 is 0 Å². The largest absolute Gasteiger partial charge is 0.490 e. The number of hydrogen-bond donors (Lipinski definition) is 0. The molecule has 0 N–H and O–H groups in total. The fourth-order valence-electron chi connectivity index (χ4n) is 0.814. The highest BCUT2D eigenvalue weighted by Crippen LogP contribution is 2.48. The highest BCUT2D eigenvalue weighted by atomic mass is 35.5. The van der Waals surface area contributed by atoms with Gasteiger partial charge in [0.05, 0.1) is 21.7 Å². The van der Waals surface area contributed by atoms with Gasteiger partial charge in [-0.05, 0) is 6.92 Å². The summed E-state index contributed by atoms with van der Waals surface area (Å²) in [7, 11) is 0. The maximum Gasteiger partial charge on any atom is 0.159 e. The molecule has 0 aliphatic rings. The van der Waals surface area contributed by atoms with Crippen LogP contribution in [-0.2, 0) is 0 Å². The summed E-state index contributed by atoms with van der Waals surface area (Å²) in [5.41, 5.74) is 0. The molecule has 0 aliphatic carbocycles. The fraction of sp³-hybridized carbons (Fsp3) is 0.125. The molecule has 77 valence electrons. The molecule has 6 heteroatoms. The van der Waals surface area contributed by atoms with Crippen LogP contribution in [0.2, 0.25) is 25.1 Å². The van der Waals surface area contributed by atoms with Crippen molar-refractivity contribution < 1.29 is 4.74 Å². The summed E-state index contributed by atoms with van der Waals surface area (Å²) in [5, 5.41) is 0.613. The maximum atomic E-state index is 5.84. The Hall–Kier alpha value is 0.470. The molecule has 1 rings (SSSR count). The first-order valence-electron chi connectivity index (χ1n) is 3.44. The maximum absolute atomic E-state index is 5.84. The minimum atomic E-state index is 0.111. The van der Waals surface area contributed by atoms with Gasteiger partial charge in [0.25, 0.3) is 0 Å². The molecular weight excluding hydrogens is 289 g/mol. The number of halogens is 5. The highest BCUT2D eigenvalue weighted by Gasteiger charge is 2.19. The van der Waals surface area contributed by atoms with Crippen molar-refractivity contribution in [1.29, 1.82) is 0 Å². The second-order valence-electron chi connectivity index (χ2n) is 2.25. The Morgan fingerprint density at radius 3 is 1.50 bits per heavy atom. The summed E-state index contributed by atoms with van der Waals surface area (Å²) < 4.78 is 5.08. The molecule has 0 fully saturated rings. The molecule has 14 heavy (non-hydrogen) atoms. The van der Waals surface area contributed by atoms with E-state index in [2.05, 4.69) is 6.92 Å². The quantitative estimate of drug-likeness (QED) is 0.540. The van der Waals surface area contributed by atoms with E-state index in [0.29, 0.717) is 0 Å². The first-order valence-corrected chi connectivity index (χ1v) is 5.33. The third kappa shape index (κ3) is 2.17. The molecule has 0 unspecified atom stereocenters. The zero-order valence-electron chi connectivity index (χ0n) is 6.71. The van der Waals surface area contributed by atoms with Crippen LogP contribution in [0.4, 0.5) is 0 Å². The van der Waals surface area contributed by atoms with Crippen molar-refractivity contribution in [2.45, 2.75) is 0 Å². The van der Waals surface area contributed by atoms with Gasteiger partial charge in [0.15, 0.2) is 5.75 Å². The van der Waals surface area contributed by atoms with Gasteiger partial charge in [0, 0.05) is 0 Å². The van der Waals surface area contributed by atoms with Gasteiger partial charge >= 0.3 is 0 Å². The van der Waals surface area contributed by atoms with Crippen molar-refractivity contribution in [2.24, 2.45) is 0 Å². The summed E-state index contributed by atoms with van der Waals surface area (Å²) in [5.74, 6) is 0.197. The average Bonchev–Trinajstić information content (AvgIpc) is 2.19. The Labute approximate surface area is 107 Å². The predicted molar refractivity (Wildman–Crippen MR) is 62.3 cm³/mol. The van der Waals surface area contributed by atoms with Gasteiger partial charge in [-0.3, -0.25) is 0 Å². The van der Waals surface area contributed by atoms with Crippen molar-refractivity contribution in [2.75, 3.05) is 6.61 Å². The molecule has 0 atom stereocenters. The SMILES string of the molecule is [CH2]COc1c(Cl)c(Cl)c(Cl)c(Cl)c1Cl. The Balaban J connectivity index is 3.43. The van der Waals surface area contributed by atoms with Gasteiger partial charge in [-0.2, -0.15) is 0 Å². The third-order valence-corrected chi connectivity index (χ3v) is 3.66. The first kappa shape index (κ1) is 12.5. The van der Waals surface area contributed by atoms with Crippen molar-refractivity contribution in [3.8, 4) is 5.75 Å².